The van der Waals surface area contributed by atoms with Gasteiger partial charge in [0.1, 0.15) is 17.1 Å². The maximum Gasteiger partial charge on any atom is 0.342 e. The number of rotatable bonds is 7. The van der Waals surface area contributed by atoms with E-state index in [0.29, 0.717) is 11.5 Å². The van der Waals surface area contributed by atoms with Crippen molar-refractivity contribution in [3.8, 4) is 11.5 Å². The Hall–Kier alpha value is -3.35. The minimum atomic E-state index is -0.723. The van der Waals surface area contributed by atoms with E-state index >= 15 is 0 Å². The Morgan fingerprint density at radius 1 is 1.00 bits per heavy atom. The number of nitrogens with one attached hydrogen (secondary N) is 2. The Balaban J connectivity index is 1.92. The number of esters is 1. The highest BCUT2D eigenvalue weighted by Gasteiger charge is 2.17. The van der Waals surface area contributed by atoms with E-state index in [1.54, 1.807) is 30.3 Å². The second-order valence-electron chi connectivity index (χ2n) is 5.82. The van der Waals surface area contributed by atoms with Gasteiger partial charge in [0, 0.05) is 6.04 Å². The normalized spacial score (nSPS) is 11.2. The molecule has 0 bridgehead atoms. The minimum absolute atomic E-state index is 0.0673. The van der Waals surface area contributed by atoms with Crippen LogP contribution >= 0.6 is 0 Å². The number of carbonyl (C=O) groups is 3. The summed E-state index contributed by atoms with van der Waals surface area (Å²) in [7, 11) is 0. The van der Waals surface area contributed by atoms with Crippen molar-refractivity contribution in [2.75, 3.05) is 6.61 Å². The monoisotopic (exact) mass is 370 g/mol. The molecule has 0 spiro atoms. The highest BCUT2D eigenvalue weighted by atomic mass is 16.5. The van der Waals surface area contributed by atoms with Crippen LogP contribution in [0.15, 0.2) is 54.6 Å². The Morgan fingerprint density at radius 3 is 2.37 bits per heavy atom. The van der Waals surface area contributed by atoms with E-state index in [2.05, 4.69) is 10.6 Å². The summed E-state index contributed by atoms with van der Waals surface area (Å²) in [5.74, 6) is -0.564. The molecule has 142 valence electrons. The van der Waals surface area contributed by atoms with Crippen LogP contribution in [0.3, 0.4) is 0 Å². The van der Waals surface area contributed by atoms with Crippen LogP contribution in [0.2, 0.25) is 0 Å². The number of hydrogen-bond donors (Lipinski definition) is 2. The van der Waals surface area contributed by atoms with Crippen LogP contribution in [0.25, 0.3) is 0 Å². The molecule has 0 saturated carbocycles. The van der Waals surface area contributed by atoms with Gasteiger partial charge in [0.15, 0.2) is 6.61 Å². The molecule has 0 aliphatic heterocycles. The van der Waals surface area contributed by atoms with Gasteiger partial charge in [-0.3, -0.25) is 10.1 Å². The summed E-state index contributed by atoms with van der Waals surface area (Å²) in [6.45, 7) is 3.14. The summed E-state index contributed by atoms with van der Waals surface area (Å²) in [6, 6.07) is 14.8. The van der Waals surface area contributed by atoms with E-state index < -0.39 is 24.5 Å². The molecule has 1 atom stereocenters. The Labute approximate surface area is 157 Å². The van der Waals surface area contributed by atoms with Gasteiger partial charge in [0.25, 0.3) is 5.91 Å². The number of para-hydroxylation sites is 2. The molecule has 3 amide bonds. The summed E-state index contributed by atoms with van der Waals surface area (Å²) < 4.78 is 10.7. The molecule has 2 N–H and O–H groups in total. The van der Waals surface area contributed by atoms with Gasteiger partial charge in [-0.15, -0.1) is 0 Å². The maximum atomic E-state index is 12.3. The SMILES string of the molecule is CC[C@H](C)NC(=O)NC(=O)COC(=O)c1ccccc1Oc1ccccc1. The average Bonchev–Trinajstić information content (AvgIpc) is 2.67. The fourth-order valence-corrected chi connectivity index (χ4v) is 2.07. The van der Waals surface area contributed by atoms with Gasteiger partial charge in [-0.1, -0.05) is 37.3 Å². The van der Waals surface area contributed by atoms with Gasteiger partial charge in [-0.25, -0.2) is 9.59 Å². The van der Waals surface area contributed by atoms with Crippen LogP contribution < -0.4 is 15.4 Å². The summed E-state index contributed by atoms with van der Waals surface area (Å²) in [4.78, 5) is 35.6. The van der Waals surface area contributed by atoms with Gasteiger partial charge in [-0.2, -0.15) is 0 Å². The first-order valence-corrected chi connectivity index (χ1v) is 8.59. The van der Waals surface area contributed by atoms with Crippen molar-refractivity contribution in [1.82, 2.24) is 10.6 Å². The molecule has 0 saturated heterocycles. The number of imide groups is 1. The molecular formula is C20H22N2O5. The summed E-state index contributed by atoms with van der Waals surface area (Å²) in [5, 5.41) is 4.69. The number of benzene rings is 2. The predicted octanol–water partition coefficient (Wildman–Crippen LogP) is 3.26. The van der Waals surface area contributed by atoms with Gasteiger partial charge in [0.2, 0.25) is 0 Å². The van der Waals surface area contributed by atoms with E-state index in [-0.39, 0.29) is 11.6 Å². The van der Waals surface area contributed by atoms with Crippen LogP contribution in [-0.4, -0.2) is 30.6 Å². The quantitative estimate of drug-likeness (QED) is 0.730. The summed E-state index contributed by atoms with van der Waals surface area (Å²) >= 11 is 0. The second-order valence-corrected chi connectivity index (χ2v) is 5.82. The molecular weight excluding hydrogens is 348 g/mol. The van der Waals surface area contributed by atoms with Crippen molar-refractivity contribution in [2.45, 2.75) is 26.3 Å². The van der Waals surface area contributed by atoms with E-state index in [1.807, 2.05) is 32.0 Å². The van der Waals surface area contributed by atoms with Crippen LogP contribution in [0.5, 0.6) is 11.5 Å². The minimum Gasteiger partial charge on any atom is -0.456 e. The fourth-order valence-electron chi connectivity index (χ4n) is 2.07. The van der Waals surface area contributed by atoms with Gasteiger partial charge < -0.3 is 14.8 Å². The Kier molecular flexibility index (Phi) is 7.37. The zero-order chi connectivity index (χ0) is 19.6. The molecule has 2 aromatic rings. The lowest BCUT2D eigenvalue weighted by molar-refractivity contribution is -0.123. The Morgan fingerprint density at radius 2 is 1.67 bits per heavy atom. The van der Waals surface area contributed by atoms with Crippen molar-refractivity contribution in [3.63, 3.8) is 0 Å². The summed E-state index contributed by atoms with van der Waals surface area (Å²) in [6.07, 6.45) is 0.731. The molecule has 0 fully saturated rings. The topological polar surface area (TPSA) is 93.7 Å². The van der Waals surface area contributed by atoms with Crippen molar-refractivity contribution in [3.05, 3.63) is 60.2 Å². The largest absolute Gasteiger partial charge is 0.456 e. The van der Waals surface area contributed by atoms with Crippen molar-refractivity contribution >= 4 is 17.9 Å². The zero-order valence-electron chi connectivity index (χ0n) is 15.2. The van der Waals surface area contributed by atoms with Crippen LogP contribution in [0.1, 0.15) is 30.6 Å². The first-order valence-electron chi connectivity index (χ1n) is 8.59. The third kappa shape index (κ3) is 6.47. The highest BCUT2D eigenvalue weighted by molar-refractivity contribution is 5.97. The van der Waals surface area contributed by atoms with Gasteiger partial charge in [-0.05, 0) is 37.6 Å². The number of amides is 3. The number of urea groups is 1. The molecule has 7 heteroatoms. The lowest BCUT2D eigenvalue weighted by atomic mass is 10.2. The average molecular weight is 370 g/mol. The van der Waals surface area contributed by atoms with Crippen LogP contribution in [0, 0.1) is 0 Å². The van der Waals surface area contributed by atoms with Crippen molar-refractivity contribution < 1.29 is 23.9 Å². The van der Waals surface area contributed by atoms with Crippen LogP contribution in [-0.2, 0) is 9.53 Å². The molecule has 27 heavy (non-hydrogen) atoms. The predicted molar refractivity (Wildman–Crippen MR) is 99.7 cm³/mol. The molecule has 2 rings (SSSR count). The number of hydrogen-bond acceptors (Lipinski definition) is 5. The molecule has 0 aliphatic carbocycles. The molecule has 0 radical (unpaired) electrons. The number of ether oxygens (including phenoxy) is 2. The van der Waals surface area contributed by atoms with Crippen molar-refractivity contribution in [1.29, 1.82) is 0 Å². The lowest BCUT2D eigenvalue weighted by Gasteiger charge is -2.12. The third-order valence-electron chi connectivity index (χ3n) is 3.66. The van der Waals surface area contributed by atoms with Crippen LogP contribution in [0.4, 0.5) is 4.79 Å². The first-order chi connectivity index (χ1) is 13.0. The molecule has 2 aromatic carbocycles. The molecule has 0 heterocycles. The van der Waals surface area contributed by atoms with Crippen molar-refractivity contribution in [2.24, 2.45) is 0 Å². The third-order valence-corrected chi connectivity index (χ3v) is 3.66. The fraction of sp³-hybridized carbons (Fsp3) is 0.250. The number of carbonyl (C=O) groups excluding carboxylic acids is 3. The van der Waals surface area contributed by atoms with E-state index in [4.69, 9.17) is 9.47 Å². The summed E-state index contributed by atoms with van der Waals surface area (Å²) in [5.41, 5.74) is 0.179. The van der Waals surface area contributed by atoms with E-state index in [9.17, 15) is 14.4 Å². The van der Waals surface area contributed by atoms with Gasteiger partial charge in [0.05, 0.1) is 0 Å². The second kappa shape index (κ2) is 9.96. The Bertz CT molecular complexity index is 792. The van der Waals surface area contributed by atoms with E-state index in [0.717, 1.165) is 6.42 Å². The zero-order valence-corrected chi connectivity index (χ0v) is 15.2. The lowest BCUT2D eigenvalue weighted by Crippen LogP contribution is -2.44. The first kappa shape index (κ1) is 20.0. The standard InChI is InChI=1S/C20H22N2O5/c1-3-14(2)21-20(25)22-18(23)13-26-19(24)16-11-7-8-12-17(16)27-15-9-5-4-6-10-15/h4-12,14H,3,13H2,1-2H3,(H2,21,22,23,25)/t14-/m0/s1. The highest BCUT2D eigenvalue weighted by Crippen LogP contribution is 2.25. The molecule has 0 aliphatic rings. The maximum absolute atomic E-state index is 12.3. The molecule has 0 aromatic heterocycles. The van der Waals surface area contributed by atoms with E-state index in [1.165, 1.54) is 6.07 Å². The van der Waals surface area contributed by atoms with Gasteiger partial charge >= 0.3 is 12.0 Å². The molecule has 7 nitrogen and oxygen atoms in total. The smallest absolute Gasteiger partial charge is 0.342 e. The molecule has 0 unspecified atom stereocenters.